The van der Waals surface area contributed by atoms with Crippen LogP contribution >= 0.6 is 0 Å². The fourth-order valence-electron chi connectivity index (χ4n) is 3.36. The Bertz CT molecular complexity index is 902. The van der Waals surface area contributed by atoms with Crippen LogP contribution in [0.3, 0.4) is 0 Å². The van der Waals surface area contributed by atoms with Gasteiger partial charge in [0.25, 0.3) is 0 Å². The van der Waals surface area contributed by atoms with Crippen LogP contribution in [-0.2, 0) is 19.4 Å². The molecule has 6 nitrogen and oxygen atoms in total. The number of sulfone groups is 1. The molecule has 1 heterocycles. The zero-order valence-electron chi connectivity index (χ0n) is 16.1. The predicted octanol–water partition coefficient (Wildman–Crippen LogP) is 3.28. The van der Waals surface area contributed by atoms with Crippen molar-refractivity contribution >= 4 is 15.8 Å². The van der Waals surface area contributed by atoms with E-state index in [-0.39, 0.29) is 24.3 Å². The van der Waals surface area contributed by atoms with E-state index in [4.69, 9.17) is 9.47 Å². The highest BCUT2D eigenvalue weighted by Crippen LogP contribution is 2.37. The molecule has 2 aromatic rings. The highest BCUT2D eigenvalue weighted by Gasteiger charge is 2.53. The summed E-state index contributed by atoms with van der Waals surface area (Å²) < 4.78 is 36.2. The average Bonchev–Trinajstić information content (AvgIpc) is 2.70. The summed E-state index contributed by atoms with van der Waals surface area (Å²) in [6.07, 6.45) is 0.430. The third kappa shape index (κ3) is 3.91. The van der Waals surface area contributed by atoms with Crippen molar-refractivity contribution in [3.63, 3.8) is 0 Å². The maximum absolute atomic E-state index is 13.4. The lowest BCUT2D eigenvalue weighted by molar-refractivity contribution is -0.147. The first-order valence-electron chi connectivity index (χ1n) is 9.32. The number of ether oxygens (including phenoxy) is 2. The van der Waals surface area contributed by atoms with E-state index in [0.717, 1.165) is 0 Å². The quantitative estimate of drug-likeness (QED) is 0.689. The highest BCUT2D eigenvalue weighted by atomic mass is 32.2. The maximum Gasteiger partial charge on any atom is 0.327 e. The van der Waals surface area contributed by atoms with E-state index in [1.54, 1.807) is 19.1 Å². The van der Waals surface area contributed by atoms with Gasteiger partial charge in [0.1, 0.15) is 11.5 Å². The van der Waals surface area contributed by atoms with Crippen molar-refractivity contribution in [2.45, 2.75) is 29.4 Å². The normalized spacial score (nSPS) is 17.1. The molecular weight excluding hydrogens is 378 g/mol. The summed E-state index contributed by atoms with van der Waals surface area (Å²) in [6, 6.07) is 15.4. The number of carbonyl (C=O) groups excluding carboxylic acids is 1. The fourth-order valence-corrected chi connectivity index (χ4v) is 5.31. The second kappa shape index (κ2) is 8.32. The van der Waals surface area contributed by atoms with Crippen molar-refractivity contribution in [3.8, 4) is 11.5 Å². The molecule has 1 fully saturated rings. The number of nitrogens with zero attached hydrogens (tertiary/aromatic N) is 1. The van der Waals surface area contributed by atoms with Gasteiger partial charge in [-0.15, -0.1) is 0 Å². The van der Waals surface area contributed by atoms with Gasteiger partial charge in [-0.05, 0) is 76.3 Å². The topological polar surface area (TPSA) is 72.9 Å². The molecule has 1 aliphatic rings. The summed E-state index contributed by atoms with van der Waals surface area (Å²) in [4.78, 5) is 14.8. The standard InChI is InChI=1S/C21H25NO5S/c1-3-26-20(23)21(13-15-22(2)16-14-21)28(24,25)19-11-9-18(10-12-19)27-17-7-5-4-6-8-17/h4-12H,3,13-16H2,1-2H3. The Morgan fingerprint density at radius 2 is 1.57 bits per heavy atom. The predicted molar refractivity (Wildman–Crippen MR) is 106 cm³/mol. The van der Waals surface area contributed by atoms with E-state index < -0.39 is 20.6 Å². The molecule has 0 saturated carbocycles. The number of carbonyl (C=O) groups is 1. The molecule has 150 valence electrons. The van der Waals surface area contributed by atoms with Crippen LogP contribution in [0.1, 0.15) is 19.8 Å². The molecule has 0 amide bonds. The Morgan fingerprint density at radius 3 is 2.14 bits per heavy atom. The first kappa shape index (κ1) is 20.4. The van der Waals surface area contributed by atoms with Gasteiger partial charge in [-0.3, -0.25) is 4.79 Å². The van der Waals surface area contributed by atoms with Gasteiger partial charge in [0, 0.05) is 0 Å². The van der Waals surface area contributed by atoms with Crippen molar-refractivity contribution < 1.29 is 22.7 Å². The van der Waals surface area contributed by atoms with Crippen LogP contribution in [0.15, 0.2) is 59.5 Å². The number of para-hydroxylation sites is 1. The van der Waals surface area contributed by atoms with Crippen LogP contribution in [0.25, 0.3) is 0 Å². The number of rotatable bonds is 6. The fraction of sp³-hybridized carbons (Fsp3) is 0.381. The molecule has 0 aromatic heterocycles. The zero-order valence-corrected chi connectivity index (χ0v) is 16.9. The Balaban J connectivity index is 1.89. The van der Waals surface area contributed by atoms with Crippen molar-refractivity contribution in [2.75, 3.05) is 26.7 Å². The van der Waals surface area contributed by atoms with E-state index in [0.29, 0.717) is 24.6 Å². The molecule has 0 radical (unpaired) electrons. The Hall–Kier alpha value is -2.38. The lowest BCUT2D eigenvalue weighted by atomic mass is 9.96. The molecule has 2 aromatic carbocycles. The van der Waals surface area contributed by atoms with Gasteiger partial charge in [0.2, 0.25) is 0 Å². The second-order valence-corrected chi connectivity index (χ2v) is 9.17. The van der Waals surface area contributed by atoms with Gasteiger partial charge in [-0.25, -0.2) is 8.42 Å². The molecular formula is C21H25NO5S. The minimum absolute atomic E-state index is 0.102. The molecule has 1 aliphatic heterocycles. The summed E-state index contributed by atoms with van der Waals surface area (Å²) in [6.45, 7) is 2.87. The van der Waals surface area contributed by atoms with E-state index in [2.05, 4.69) is 0 Å². The van der Waals surface area contributed by atoms with Gasteiger partial charge in [0.15, 0.2) is 14.6 Å². The number of benzene rings is 2. The summed E-state index contributed by atoms with van der Waals surface area (Å²) in [7, 11) is -2.00. The Morgan fingerprint density at radius 1 is 1.00 bits per heavy atom. The van der Waals surface area contributed by atoms with Crippen LogP contribution in [-0.4, -0.2) is 50.8 Å². The van der Waals surface area contributed by atoms with E-state index in [1.165, 1.54) is 12.1 Å². The number of hydrogen-bond acceptors (Lipinski definition) is 6. The Labute approximate surface area is 166 Å². The summed E-state index contributed by atoms with van der Waals surface area (Å²) >= 11 is 0. The molecule has 0 N–H and O–H groups in total. The molecule has 7 heteroatoms. The molecule has 0 unspecified atom stereocenters. The molecule has 0 spiro atoms. The first-order valence-corrected chi connectivity index (χ1v) is 10.8. The third-order valence-electron chi connectivity index (χ3n) is 5.07. The summed E-state index contributed by atoms with van der Waals surface area (Å²) in [5.74, 6) is 0.530. The van der Waals surface area contributed by atoms with E-state index >= 15 is 0 Å². The molecule has 3 rings (SSSR count). The Kier molecular flexibility index (Phi) is 6.05. The summed E-state index contributed by atoms with van der Waals surface area (Å²) in [5.41, 5.74) is 0. The smallest absolute Gasteiger partial charge is 0.327 e. The molecule has 28 heavy (non-hydrogen) atoms. The van der Waals surface area contributed by atoms with Crippen LogP contribution < -0.4 is 4.74 Å². The molecule has 0 aliphatic carbocycles. The van der Waals surface area contributed by atoms with Gasteiger partial charge < -0.3 is 14.4 Å². The molecule has 1 saturated heterocycles. The molecule has 0 bridgehead atoms. The van der Waals surface area contributed by atoms with Crippen molar-refractivity contribution in [3.05, 3.63) is 54.6 Å². The third-order valence-corrected chi connectivity index (χ3v) is 7.57. The maximum atomic E-state index is 13.4. The van der Waals surface area contributed by atoms with E-state index in [9.17, 15) is 13.2 Å². The van der Waals surface area contributed by atoms with E-state index in [1.807, 2.05) is 42.3 Å². The number of hydrogen-bond donors (Lipinski definition) is 0. The number of piperidine rings is 1. The average molecular weight is 404 g/mol. The van der Waals surface area contributed by atoms with Crippen LogP contribution in [0.4, 0.5) is 0 Å². The highest BCUT2D eigenvalue weighted by molar-refractivity contribution is 7.93. The lowest BCUT2D eigenvalue weighted by Crippen LogP contribution is -2.54. The first-order chi connectivity index (χ1) is 13.4. The van der Waals surface area contributed by atoms with Crippen LogP contribution in [0, 0.1) is 0 Å². The minimum Gasteiger partial charge on any atom is -0.465 e. The second-order valence-electron chi connectivity index (χ2n) is 6.91. The number of esters is 1. The van der Waals surface area contributed by atoms with Gasteiger partial charge in [-0.2, -0.15) is 0 Å². The van der Waals surface area contributed by atoms with Crippen LogP contribution in [0.2, 0.25) is 0 Å². The van der Waals surface area contributed by atoms with Gasteiger partial charge in [0.05, 0.1) is 11.5 Å². The van der Waals surface area contributed by atoms with Crippen molar-refractivity contribution in [1.82, 2.24) is 4.90 Å². The zero-order chi connectivity index (χ0) is 20.2. The number of likely N-dealkylation sites (tertiary alicyclic amines) is 1. The van der Waals surface area contributed by atoms with Gasteiger partial charge in [-0.1, -0.05) is 18.2 Å². The molecule has 0 atom stereocenters. The van der Waals surface area contributed by atoms with Crippen molar-refractivity contribution in [1.29, 1.82) is 0 Å². The van der Waals surface area contributed by atoms with Gasteiger partial charge >= 0.3 is 5.97 Å². The summed E-state index contributed by atoms with van der Waals surface area (Å²) in [5, 5.41) is 0. The van der Waals surface area contributed by atoms with Crippen molar-refractivity contribution in [2.24, 2.45) is 0 Å². The SMILES string of the molecule is CCOC(=O)C1(S(=O)(=O)c2ccc(Oc3ccccc3)cc2)CCN(C)CC1. The largest absolute Gasteiger partial charge is 0.465 e. The lowest BCUT2D eigenvalue weighted by Gasteiger charge is -2.37. The monoisotopic (exact) mass is 403 g/mol. The van der Waals surface area contributed by atoms with Crippen LogP contribution in [0.5, 0.6) is 11.5 Å². The minimum atomic E-state index is -3.91.